The predicted molar refractivity (Wildman–Crippen MR) is 153 cm³/mol. The maximum Gasteiger partial charge on any atom is 0.210 e. The lowest BCUT2D eigenvalue weighted by atomic mass is 10.0. The van der Waals surface area contributed by atoms with Gasteiger partial charge in [0.25, 0.3) is 0 Å². The molecule has 0 atom stereocenters. The number of carbonyl (C=O) groups is 2. The number of nitriles is 1. The average molecular weight is 548 g/mol. The third-order valence-electron chi connectivity index (χ3n) is 5.87. The molecule has 0 radical (unpaired) electrons. The molecule has 0 N–H and O–H groups in total. The first-order valence-corrected chi connectivity index (χ1v) is 13.5. The monoisotopic (exact) mass is 546 g/mol. The summed E-state index contributed by atoms with van der Waals surface area (Å²) in [5, 5.41) is 9.79. The number of benzene rings is 1. The van der Waals surface area contributed by atoms with Crippen molar-refractivity contribution < 1.29 is 9.59 Å². The van der Waals surface area contributed by atoms with Crippen molar-refractivity contribution in [3.63, 3.8) is 0 Å². The van der Waals surface area contributed by atoms with E-state index in [4.69, 9.17) is 28.5 Å². The van der Waals surface area contributed by atoms with Gasteiger partial charge in [-0.3, -0.25) is 14.5 Å². The summed E-state index contributed by atoms with van der Waals surface area (Å²) in [6.07, 6.45) is 9.80. The Labute approximate surface area is 232 Å². The van der Waals surface area contributed by atoms with E-state index in [1.165, 1.54) is 0 Å². The number of amides is 1. The number of likely N-dealkylation sites (tertiary alicyclic amines) is 1. The molecule has 2 aliphatic heterocycles. The standard InChI is InChI=1S/C12H18N2O2.C9H10Cl2.C8H12N2/c1-4-5-12(11(3)16)14-7-6-13(9-15)8-10(14)2;1-2-4-7-5-3-6-8(10)9(7)11;1-2-3-4-10-6-8(5-9)7-10/h5,9H,2,4,6-8H2,1,3H3;3,5-6H,2,4H2,1H3;2-3,8H,4,6-7H2,1H3/b12-5-;;3-2+. The number of carbonyl (C=O) groups excluding carboxylic acids is 2. The van der Waals surface area contributed by atoms with E-state index in [1.54, 1.807) is 11.8 Å². The van der Waals surface area contributed by atoms with Gasteiger partial charge >= 0.3 is 0 Å². The van der Waals surface area contributed by atoms with Crippen molar-refractivity contribution in [3.05, 3.63) is 70.0 Å². The normalized spacial score (nSPS) is 16.2. The van der Waals surface area contributed by atoms with Gasteiger partial charge in [0.2, 0.25) is 6.41 Å². The first kappa shape index (κ1) is 32.4. The fourth-order valence-electron chi connectivity index (χ4n) is 3.87. The van der Waals surface area contributed by atoms with Gasteiger partial charge in [0.05, 0.1) is 34.3 Å². The first-order chi connectivity index (χ1) is 17.7. The van der Waals surface area contributed by atoms with E-state index >= 15 is 0 Å². The number of Topliss-reactive ketones (excluding diaryl/α,β-unsaturated/α-hetero) is 1. The van der Waals surface area contributed by atoms with E-state index in [1.807, 2.05) is 49.1 Å². The van der Waals surface area contributed by atoms with Crippen molar-refractivity contribution in [1.29, 1.82) is 5.26 Å². The number of aryl methyl sites for hydroxylation is 1. The molecule has 1 aromatic carbocycles. The molecule has 0 aliphatic carbocycles. The summed E-state index contributed by atoms with van der Waals surface area (Å²) in [6, 6.07) is 7.99. The van der Waals surface area contributed by atoms with E-state index in [0.717, 1.165) is 56.6 Å². The molecule has 2 aliphatic rings. The topological polar surface area (TPSA) is 67.7 Å². The third-order valence-corrected chi connectivity index (χ3v) is 6.72. The van der Waals surface area contributed by atoms with Crippen LogP contribution >= 0.6 is 23.2 Å². The van der Waals surface area contributed by atoms with Gasteiger partial charge < -0.3 is 9.80 Å². The molecule has 0 aromatic heterocycles. The highest BCUT2D eigenvalue weighted by Crippen LogP contribution is 2.26. The number of allylic oxidation sites excluding steroid dienone is 3. The zero-order valence-electron chi connectivity index (χ0n) is 22.6. The van der Waals surface area contributed by atoms with E-state index in [9.17, 15) is 9.59 Å². The molecule has 37 heavy (non-hydrogen) atoms. The van der Waals surface area contributed by atoms with E-state index in [-0.39, 0.29) is 5.78 Å². The molecule has 1 aromatic rings. The minimum Gasteiger partial charge on any atom is -0.340 e. The average Bonchev–Trinajstić information content (AvgIpc) is 2.85. The van der Waals surface area contributed by atoms with Crippen molar-refractivity contribution in [2.75, 3.05) is 39.3 Å². The molecule has 2 fully saturated rings. The van der Waals surface area contributed by atoms with Crippen molar-refractivity contribution in [3.8, 4) is 6.07 Å². The molecule has 3 rings (SSSR count). The smallest absolute Gasteiger partial charge is 0.210 e. The summed E-state index contributed by atoms with van der Waals surface area (Å²) in [7, 11) is 0. The third kappa shape index (κ3) is 11.1. The fraction of sp³-hybridized carbons (Fsp3) is 0.483. The minimum atomic E-state index is 0.0440. The Bertz CT molecular complexity index is 994. The maximum absolute atomic E-state index is 11.5. The first-order valence-electron chi connectivity index (χ1n) is 12.7. The van der Waals surface area contributed by atoms with E-state index in [2.05, 4.69) is 30.5 Å². The highest BCUT2D eigenvalue weighted by atomic mass is 35.5. The van der Waals surface area contributed by atoms with E-state index < -0.39 is 0 Å². The zero-order valence-corrected chi connectivity index (χ0v) is 24.1. The quantitative estimate of drug-likeness (QED) is 0.223. The van der Waals surface area contributed by atoms with Crippen LogP contribution in [0.15, 0.2) is 54.4 Å². The Morgan fingerprint density at radius 3 is 2.46 bits per heavy atom. The van der Waals surface area contributed by atoms with Crippen LogP contribution in [-0.2, 0) is 16.0 Å². The molecule has 8 heteroatoms. The van der Waals surface area contributed by atoms with Gasteiger partial charge in [-0.1, -0.05) is 80.4 Å². The van der Waals surface area contributed by atoms with Crippen molar-refractivity contribution in [2.45, 2.75) is 47.0 Å². The summed E-state index contributed by atoms with van der Waals surface area (Å²) < 4.78 is 0. The SMILES string of the molecule is C/C=C/CN1CC(C#N)C1.C=C1CN(C=O)CCN1/C(=C\CC)C(C)=O.CCCc1cccc(Cl)c1Cl. The Balaban J connectivity index is 0.000000288. The summed E-state index contributed by atoms with van der Waals surface area (Å²) in [5.74, 6) is 0.341. The molecule has 202 valence electrons. The van der Waals surface area contributed by atoms with Crippen LogP contribution in [0.25, 0.3) is 0 Å². The van der Waals surface area contributed by atoms with Gasteiger partial charge in [-0.15, -0.1) is 0 Å². The van der Waals surface area contributed by atoms with Crippen LogP contribution in [0.5, 0.6) is 0 Å². The molecule has 0 bridgehead atoms. The Hall–Kier alpha value is -2.59. The largest absolute Gasteiger partial charge is 0.340 e. The van der Waals surface area contributed by atoms with Crippen LogP contribution in [0.4, 0.5) is 0 Å². The van der Waals surface area contributed by atoms with Gasteiger partial charge in [-0.25, -0.2) is 0 Å². The lowest BCUT2D eigenvalue weighted by Crippen LogP contribution is -2.45. The summed E-state index contributed by atoms with van der Waals surface area (Å²) in [6.45, 7) is 16.3. The molecular weight excluding hydrogens is 507 g/mol. The second-order valence-corrected chi connectivity index (χ2v) is 9.71. The molecule has 0 saturated carbocycles. The number of halogens is 2. The lowest BCUT2D eigenvalue weighted by molar-refractivity contribution is -0.118. The summed E-state index contributed by atoms with van der Waals surface area (Å²) in [4.78, 5) is 27.9. The van der Waals surface area contributed by atoms with Crippen molar-refractivity contribution in [1.82, 2.24) is 14.7 Å². The number of ketones is 1. The van der Waals surface area contributed by atoms with E-state index in [0.29, 0.717) is 41.3 Å². The molecule has 6 nitrogen and oxygen atoms in total. The molecule has 1 amide bonds. The van der Waals surface area contributed by atoms with Crippen LogP contribution in [-0.4, -0.2) is 66.2 Å². The highest BCUT2D eigenvalue weighted by molar-refractivity contribution is 6.42. The highest BCUT2D eigenvalue weighted by Gasteiger charge is 2.24. The van der Waals surface area contributed by atoms with Crippen LogP contribution in [0.3, 0.4) is 0 Å². The fourth-order valence-corrected chi connectivity index (χ4v) is 4.28. The predicted octanol–water partition coefficient (Wildman–Crippen LogP) is 6.12. The van der Waals surface area contributed by atoms with Gasteiger partial charge in [0, 0.05) is 45.3 Å². The number of hydrogen-bond acceptors (Lipinski definition) is 5. The van der Waals surface area contributed by atoms with Crippen LogP contribution < -0.4 is 0 Å². The van der Waals surface area contributed by atoms with Gasteiger partial charge in [-0.05, 0) is 31.4 Å². The van der Waals surface area contributed by atoms with Crippen LogP contribution in [0.2, 0.25) is 10.0 Å². The number of rotatable bonds is 8. The molecule has 0 unspecified atom stereocenters. The van der Waals surface area contributed by atoms with Gasteiger partial charge in [0.1, 0.15) is 0 Å². The number of nitrogens with zero attached hydrogens (tertiary/aromatic N) is 4. The Morgan fingerprint density at radius 2 is 1.95 bits per heavy atom. The second kappa shape index (κ2) is 17.8. The maximum atomic E-state index is 11.5. The van der Waals surface area contributed by atoms with Crippen molar-refractivity contribution in [2.24, 2.45) is 5.92 Å². The van der Waals surface area contributed by atoms with Gasteiger partial charge in [0.15, 0.2) is 5.78 Å². The summed E-state index contributed by atoms with van der Waals surface area (Å²) >= 11 is 11.8. The molecule has 0 spiro atoms. The lowest BCUT2D eigenvalue weighted by Gasteiger charge is -2.36. The number of piperazine rings is 1. The molecular formula is C29H40Cl2N4O2. The Kier molecular flexibility index (Phi) is 15.6. The van der Waals surface area contributed by atoms with Crippen LogP contribution in [0, 0.1) is 17.2 Å². The number of hydrogen-bond donors (Lipinski definition) is 0. The molecule has 2 saturated heterocycles. The van der Waals surface area contributed by atoms with Crippen molar-refractivity contribution >= 4 is 35.4 Å². The minimum absolute atomic E-state index is 0.0440. The Morgan fingerprint density at radius 1 is 1.24 bits per heavy atom. The zero-order chi connectivity index (χ0) is 27.8. The summed E-state index contributed by atoms with van der Waals surface area (Å²) in [5.41, 5.74) is 2.63. The van der Waals surface area contributed by atoms with Gasteiger partial charge in [-0.2, -0.15) is 5.26 Å². The molecule has 2 heterocycles. The second-order valence-electron chi connectivity index (χ2n) is 8.92. The van der Waals surface area contributed by atoms with Crippen LogP contribution in [0.1, 0.15) is 46.1 Å².